The van der Waals surface area contributed by atoms with Crippen LogP contribution in [0.5, 0.6) is 0 Å². The van der Waals surface area contributed by atoms with Gasteiger partial charge in [-0.25, -0.2) is 4.79 Å². The standard InChI is InChI=1S/C17H31F3O2/c1-3-4-5-6-7-8-9-10-11-12-13-14-15(2)22-16(21)17(18,19)20/h15H,3-14H2,1-2H3. The molecular formula is C17H31F3O2. The predicted octanol–water partition coefficient (Wildman–Crippen LogP) is 6.18. The molecule has 0 radical (unpaired) electrons. The van der Waals surface area contributed by atoms with Gasteiger partial charge in [-0.1, -0.05) is 71.1 Å². The Bertz CT molecular complexity index is 278. The molecule has 5 heteroatoms. The smallest absolute Gasteiger partial charge is 0.456 e. The lowest BCUT2D eigenvalue weighted by atomic mass is 10.0. The Kier molecular flexibility index (Phi) is 12.3. The first-order valence-electron chi connectivity index (χ1n) is 8.65. The third-order valence-corrected chi connectivity index (χ3v) is 3.75. The van der Waals surface area contributed by atoms with Gasteiger partial charge < -0.3 is 4.74 Å². The van der Waals surface area contributed by atoms with Crippen molar-refractivity contribution in [1.82, 2.24) is 0 Å². The summed E-state index contributed by atoms with van der Waals surface area (Å²) in [6, 6.07) is 0. The number of ether oxygens (including phenoxy) is 1. The molecule has 2 nitrogen and oxygen atoms in total. The van der Waals surface area contributed by atoms with E-state index >= 15 is 0 Å². The van der Waals surface area contributed by atoms with Crippen molar-refractivity contribution >= 4 is 5.97 Å². The summed E-state index contributed by atoms with van der Waals surface area (Å²) in [6.45, 7) is 3.73. The molecule has 1 unspecified atom stereocenters. The van der Waals surface area contributed by atoms with Crippen LogP contribution in [0.15, 0.2) is 0 Å². The maximum atomic E-state index is 12.0. The highest BCUT2D eigenvalue weighted by atomic mass is 19.4. The van der Waals surface area contributed by atoms with Crippen LogP contribution >= 0.6 is 0 Å². The zero-order valence-corrected chi connectivity index (χ0v) is 14.0. The summed E-state index contributed by atoms with van der Waals surface area (Å²) in [7, 11) is 0. The molecule has 0 amide bonds. The molecule has 0 aromatic rings. The SMILES string of the molecule is CCCCCCCCCCCCCC(C)OC(=O)C(F)(F)F. The van der Waals surface area contributed by atoms with E-state index < -0.39 is 18.2 Å². The molecule has 0 spiro atoms. The van der Waals surface area contributed by atoms with E-state index in [0.29, 0.717) is 6.42 Å². The molecule has 0 aromatic carbocycles. The van der Waals surface area contributed by atoms with Crippen LogP contribution in [0.4, 0.5) is 13.2 Å². The number of rotatable bonds is 13. The van der Waals surface area contributed by atoms with E-state index in [4.69, 9.17) is 0 Å². The fourth-order valence-electron chi connectivity index (χ4n) is 2.40. The lowest BCUT2D eigenvalue weighted by Gasteiger charge is -2.14. The minimum Gasteiger partial charge on any atom is -0.456 e. The molecule has 0 aliphatic rings. The molecule has 0 aromatic heterocycles. The highest BCUT2D eigenvalue weighted by Crippen LogP contribution is 2.19. The summed E-state index contributed by atoms with van der Waals surface area (Å²) >= 11 is 0. The average Bonchev–Trinajstić information content (AvgIpc) is 2.43. The Morgan fingerprint density at radius 3 is 1.68 bits per heavy atom. The first-order valence-corrected chi connectivity index (χ1v) is 8.65. The first kappa shape index (κ1) is 21.3. The summed E-state index contributed by atoms with van der Waals surface area (Å²) in [5, 5.41) is 0. The molecule has 0 fully saturated rings. The van der Waals surface area contributed by atoms with Gasteiger partial charge in [-0.2, -0.15) is 13.2 Å². The number of carbonyl (C=O) groups is 1. The third-order valence-electron chi connectivity index (χ3n) is 3.75. The molecule has 0 bridgehead atoms. The molecule has 0 aliphatic heterocycles. The van der Waals surface area contributed by atoms with Gasteiger partial charge in [0, 0.05) is 0 Å². The van der Waals surface area contributed by atoms with Gasteiger partial charge in [-0.15, -0.1) is 0 Å². The first-order chi connectivity index (χ1) is 10.4. The van der Waals surface area contributed by atoms with Crippen molar-refractivity contribution in [3.05, 3.63) is 0 Å². The van der Waals surface area contributed by atoms with Gasteiger partial charge in [-0.05, 0) is 19.8 Å². The number of hydrogen-bond acceptors (Lipinski definition) is 2. The Morgan fingerprint density at radius 2 is 1.27 bits per heavy atom. The van der Waals surface area contributed by atoms with Crippen molar-refractivity contribution in [2.24, 2.45) is 0 Å². The van der Waals surface area contributed by atoms with Crippen LogP contribution in [-0.2, 0) is 9.53 Å². The quantitative estimate of drug-likeness (QED) is 0.298. The normalized spacial score (nSPS) is 13.1. The Balaban J connectivity index is 3.34. The van der Waals surface area contributed by atoms with Crippen molar-refractivity contribution in [2.75, 3.05) is 0 Å². The van der Waals surface area contributed by atoms with Gasteiger partial charge in [-0.3, -0.25) is 0 Å². The van der Waals surface area contributed by atoms with E-state index in [1.807, 2.05) is 0 Å². The highest BCUT2D eigenvalue weighted by Gasteiger charge is 2.41. The van der Waals surface area contributed by atoms with Crippen molar-refractivity contribution in [3.63, 3.8) is 0 Å². The van der Waals surface area contributed by atoms with Crippen molar-refractivity contribution in [3.8, 4) is 0 Å². The monoisotopic (exact) mass is 324 g/mol. The van der Waals surface area contributed by atoms with Crippen molar-refractivity contribution in [1.29, 1.82) is 0 Å². The molecule has 0 aliphatic carbocycles. The summed E-state index contributed by atoms with van der Waals surface area (Å²) < 4.78 is 40.3. The van der Waals surface area contributed by atoms with Gasteiger partial charge in [0.2, 0.25) is 0 Å². The van der Waals surface area contributed by atoms with Gasteiger partial charge in [0.1, 0.15) is 0 Å². The van der Waals surface area contributed by atoms with Crippen molar-refractivity contribution < 1.29 is 22.7 Å². The van der Waals surface area contributed by atoms with E-state index in [-0.39, 0.29) is 0 Å². The highest BCUT2D eigenvalue weighted by molar-refractivity contribution is 5.75. The zero-order valence-electron chi connectivity index (χ0n) is 14.0. The molecular weight excluding hydrogens is 293 g/mol. The van der Waals surface area contributed by atoms with Gasteiger partial charge >= 0.3 is 12.1 Å². The Labute approximate surface area is 132 Å². The minimum atomic E-state index is -4.88. The van der Waals surface area contributed by atoms with Crippen LogP contribution in [-0.4, -0.2) is 18.2 Å². The van der Waals surface area contributed by atoms with Crippen LogP contribution in [0.2, 0.25) is 0 Å². The number of carbonyl (C=O) groups excluding carboxylic acids is 1. The zero-order chi connectivity index (χ0) is 16.8. The number of alkyl halides is 3. The summed E-state index contributed by atoms with van der Waals surface area (Å²) in [4.78, 5) is 10.6. The lowest BCUT2D eigenvalue weighted by molar-refractivity contribution is -0.204. The number of hydrogen-bond donors (Lipinski definition) is 0. The molecule has 0 heterocycles. The number of halogens is 3. The third kappa shape index (κ3) is 13.0. The Morgan fingerprint density at radius 1 is 0.864 bits per heavy atom. The average molecular weight is 324 g/mol. The molecule has 0 N–H and O–H groups in total. The molecule has 22 heavy (non-hydrogen) atoms. The number of esters is 1. The van der Waals surface area contributed by atoms with Gasteiger partial charge in [0.05, 0.1) is 6.10 Å². The van der Waals surface area contributed by atoms with Crippen molar-refractivity contribution in [2.45, 2.75) is 103 Å². The van der Waals surface area contributed by atoms with E-state index in [0.717, 1.165) is 19.3 Å². The molecule has 1 atom stereocenters. The summed E-state index contributed by atoms with van der Waals surface area (Å²) in [6.07, 6.45) is 8.15. The molecule has 0 saturated carbocycles. The fourth-order valence-corrected chi connectivity index (χ4v) is 2.40. The van der Waals surface area contributed by atoms with E-state index in [9.17, 15) is 18.0 Å². The maximum absolute atomic E-state index is 12.0. The topological polar surface area (TPSA) is 26.3 Å². The lowest BCUT2D eigenvalue weighted by Crippen LogP contribution is -2.28. The second kappa shape index (κ2) is 12.8. The molecule has 0 rings (SSSR count). The van der Waals surface area contributed by atoms with E-state index in [1.54, 1.807) is 0 Å². The van der Waals surface area contributed by atoms with Crippen LogP contribution in [0.3, 0.4) is 0 Å². The van der Waals surface area contributed by atoms with Crippen LogP contribution < -0.4 is 0 Å². The van der Waals surface area contributed by atoms with Crippen LogP contribution in [0, 0.1) is 0 Å². The number of unbranched alkanes of at least 4 members (excludes halogenated alkanes) is 10. The van der Waals surface area contributed by atoms with Gasteiger partial charge in [0.25, 0.3) is 0 Å². The van der Waals surface area contributed by atoms with Crippen LogP contribution in [0.25, 0.3) is 0 Å². The molecule has 0 saturated heterocycles. The van der Waals surface area contributed by atoms with Crippen LogP contribution in [0.1, 0.15) is 90.9 Å². The Hall–Kier alpha value is -0.740. The summed E-state index contributed by atoms with van der Waals surface area (Å²) in [5.74, 6) is -2.08. The van der Waals surface area contributed by atoms with E-state index in [2.05, 4.69) is 11.7 Å². The predicted molar refractivity (Wildman–Crippen MR) is 82.7 cm³/mol. The molecule has 132 valence electrons. The minimum absolute atomic E-state index is 0.499. The fraction of sp³-hybridized carbons (Fsp3) is 0.941. The summed E-state index contributed by atoms with van der Waals surface area (Å²) in [5.41, 5.74) is 0. The van der Waals surface area contributed by atoms with E-state index in [1.165, 1.54) is 58.3 Å². The second-order valence-electron chi connectivity index (χ2n) is 6.04. The van der Waals surface area contributed by atoms with Gasteiger partial charge in [0.15, 0.2) is 0 Å². The maximum Gasteiger partial charge on any atom is 0.490 e. The second-order valence-corrected chi connectivity index (χ2v) is 6.04. The largest absolute Gasteiger partial charge is 0.490 e.